The van der Waals surface area contributed by atoms with E-state index >= 15 is 0 Å². The van der Waals surface area contributed by atoms with Crippen molar-refractivity contribution in [3.8, 4) is 0 Å². The van der Waals surface area contributed by atoms with Crippen molar-refractivity contribution in [1.29, 1.82) is 0 Å². The summed E-state index contributed by atoms with van der Waals surface area (Å²) in [7, 11) is 0. The minimum atomic E-state index is -0.157. The van der Waals surface area contributed by atoms with E-state index in [0.717, 1.165) is 45.0 Å². The van der Waals surface area contributed by atoms with Gasteiger partial charge in [0.05, 0.1) is 6.04 Å². The van der Waals surface area contributed by atoms with E-state index in [1.54, 1.807) is 0 Å². The van der Waals surface area contributed by atoms with Gasteiger partial charge in [-0.05, 0) is 61.5 Å². The van der Waals surface area contributed by atoms with Gasteiger partial charge in [0.25, 0.3) is 5.91 Å². The molecule has 1 N–H and O–H groups in total. The molecule has 0 saturated carbocycles. The van der Waals surface area contributed by atoms with Gasteiger partial charge in [-0.3, -0.25) is 15.0 Å². The van der Waals surface area contributed by atoms with Crippen LogP contribution in [0.2, 0.25) is 0 Å². The Balaban J connectivity index is 1.37. The average Bonchev–Trinajstić information content (AvgIpc) is 2.91. The predicted molar refractivity (Wildman–Crippen MR) is 148 cm³/mol. The predicted octanol–water partition coefficient (Wildman–Crippen LogP) is 4.95. The second kappa shape index (κ2) is 12.0. The van der Waals surface area contributed by atoms with Crippen LogP contribution < -0.4 is 10.2 Å². The smallest absolute Gasteiger partial charge is 0.257 e. The Morgan fingerprint density at radius 3 is 1.83 bits per heavy atom. The molecule has 1 heterocycles. The average molecular weight is 487 g/mol. The number of piperazine rings is 1. The molecule has 0 spiro atoms. The maximum Gasteiger partial charge on any atom is 0.257 e. The molecule has 3 aromatic rings. The molecule has 0 bridgehead atoms. The number of nitrogens with zero attached hydrogens (tertiary/aromatic N) is 3. The molecule has 0 radical (unpaired) electrons. The number of thiocarbonyl (C=S) groups is 1. The van der Waals surface area contributed by atoms with Gasteiger partial charge in [0.1, 0.15) is 0 Å². The first-order chi connectivity index (χ1) is 17.1. The third-order valence-corrected chi connectivity index (χ3v) is 7.04. The van der Waals surface area contributed by atoms with Crippen LogP contribution in [0.1, 0.15) is 41.4 Å². The number of carbonyl (C=O) groups excluding carboxylic acids is 1. The molecule has 1 fully saturated rings. The Labute approximate surface area is 214 Å². The Hall–Kier alpha value is -3.22. The number of benzene rings is 3. The van der Waals surface area contributed by atoms with Gasteiger partial charge in [-0.25, -0.2) is 0 Å². The van der Waals surface area contributed by atoms with Crippen LogP contribution in [0.5, 0.6) is 0 Å². The van der Waals surface area contributed by atoms with Gasteiger partial charge in [0.15, 0.2) is 5.11 Å². The molecule has 1 amide bonds. The Morgan fingerprint density at radius 2 is 1.34 bits per heavy atom. The zero-order valence-corrected chi connectivity index (χ0v) is 21.4. The van der Waals surface area contributed by atoms with E-state index in [0.29, 0.717) is 10.7 Å². The van der Waals surface area contributed by atoms with E-state index in [4.69, 9.17) is 12.2 Å². The SMILES string of the molecule is CCN(CC)c1ccc(C(=O)NC(=S)N2CCN(C(c3ccccc3)c3ccccc3)CC2)cc1. The van der Waals surface area contributed by atoms with Crippen molar-refractivity contribution in [1.82, 2.24) is 15.1 Å². The van der Waals surface area contributed by atoms with E-state index in [1.165, 1.54) is 11.1 Å². The summed E-state index contributed by atoms with van der Waals surface area (Å²) < 4.78 is 0. The quantitative estimate of drug-likeness (QED) is 0.478. The van der Waals surface area contributed by atoms with E-state index in [-0.39, 0.29) is 11.9 Å². The number of hydrogen-bond donors (Lipinski definition) is 1. The lowest BCUT2D eigenvalue weighted by molar-refractivity contribution is 0.0967. The monoisotopic (exact) mass is 486 g/mol. The van der Waals surface area contributed by atoms with Crippen LogP contribution in [0.15, 0.2) is 84.9 Å². The van der Waals surface area contributed by atoms with Crippen LogP contribution in [0, 0.1) is 0 Å². The summed E-state index contributed by atoms with van der Waals surface area (Å²) in [5.41, 5.74) is 4.32. The molecule has 3 aromatic carbocycles. The molecule has 0 aromatic heterocycles. The van der Waals surface area contributed by atoms with Crippen molar-refractivity contribution in [3.63, 3.8) is 0 Å². The van der Waals surface area contributed by atoms with Crippen LogP contribution in [0.4, 0.5) is 5.69 Å². The third-order valence-electron chi connectivity index (χ3n) is 6.68. The van der Waals surface area contributed by atoms with Crippen molar-refractivity contribution in [2.75, 3.05) is 44.2 Å². The Kier molecular flexibility index (Phi) is 8.50. The molecule has 35 heavy (non-hydrogen) atoms. The zero-order valence-electron chi connectivity index (χ0n) is 20.6. The second-order valence-electron chi connectivity index (χ2n) is 8.73. The molecule has 182 valence electrons. The van der Waals surface area contributed by atoms with Gasteiger partial charge >= 0.3 is 0 Å². The van der Waals surface area contributed by atoms with Crippen LogP contribution in [-0.4, -0.2) is 60.1 Å². The number of nitrogens with one attached hydrogen (secondary N) is 1. The van der Waals surface area contributed by atoms with Gasteiger partial charge in [-0.2, -0.15) is 0 Å². The molecule has 0 atom stereocenters. The number of anilines is 1. The molecule has 1 saturated heterocycles. The Morgan fingerprint density at radius 1 is 0.829 bits per heavy atom. The lowest BCUT2D eigenvalue weighted by Gasteiger charge is -2.40. The van der Waals surface area contributed by atoms with Gasteiger partial charge in [-0.15, -0.1) is 0 Å². The normalized spacial score (nSPS) is 14.1. The second-order valence-corrected chi connectivity index (χ2v) is 9.11. The molecule has 1 aliphatic heterocycles. The summed E-state index contributed by atoms with van der Waals surface area (Å²) in [4.78, 5) is 19.7. The Bertz CT molecular complexity index is 1050. The van der Waals surface area contributed by atoms with Crippen molar-refractivity contribution in [3.05, 3.63) is 102 Å². The van der Waals surface area contributed by atoms with Gasteiger partial charge in [-0.1, -0.05) is 60.7 Å². The maximum absolute atomic E-state index is 12.8. The van der Waals surface area contributed by atoms with Crippen molar-refractivity contribution < 1.29 is 4.79 Å². The van der Waals surface area contributed by atoms with Gasteiger partial charge < -0.3 is 9.80 Å². The largest absolute Gasteiger partial charge is 0.372 e. The first-order valence-corrected chi connectivity index (χ1v) is 12.8. The first-order valence-electron chi connectivity index (χ1n) is 12.4. The van der Waals surface area contributed by atoms with E-state index in [9.17, 15) is 4.79 Å². The highest BCUT2D eigenvalue weighted by molar-refractivity contribution is 7.80. The van der Waals surface area contributed by atoms with Gasteiger partial charge in [0.2, 0.25) is 0 Å². The molecular formula is C29H34N4OS. The fourth-order valence-electron chi connectivity index (χ4n) is 4.73. The van der Waals surface area contributed by atoms with E-state index in [1.807, 2.05) is 24.3 Å². The summed E-state index contributed by atoms with van der Waals surface area (Å²) in [5, 5.41) is 3.43. The summed E-state index contributed by atoms with van der Waals surface area (Å²) in [6, 6.07) is 29.2. The summed E-state index contributed by atoms with van der Waals surface area (Å²) in [5.74, 6) is -0.157. The molecular weight excluding hydrogens is 452 g/mol. The van der Waals surface area contributed by atoms with Gasteiger partial charge in [0, 0.05) is 50.5 Å². The number of amides is 1. The number of rotatable bonds is 7. The van der Waals surface area contributed by atoms with E-state index < -0.39 is 0 Å². The van der Waals surface area contributed by atoms with Crippen molar-refractivity contribution in [2.24, 2.45) is 0 Å². The standard InChI is InChI=1S/C29H34N4OS/c1-3-31(4-2)26-17-15-25(16-18-26)28(34)30-29(35)33-21-19-32(20-22-33)27(23-11-7-5-8-12-23)24-13-9-6-10-14-24/h5-18,27H,3-4,19-22H2,1-2H3,(H,30,34,35). The maximum atomic E-state index is 12.8. The van der Waals surface area contributed by atoms with Crippen molar-refractivity contribution >= 4 is 28.9 Å². The topological polar surface area (TPSA) is 38.8 Å². The first kappa shape index (κ1) is 24.9. The molecule has 5 nitrogen and oxygen atoms in total. The number of carbonyl (C=O) groups is 1. The highest BCUT2D eigenvalue weighted by atomic mass is 32.1. The minimum absolute atomic E-state index is 0.157. The molecule has 0 aliphatic carbocycles. The zero-order chi connectivity index (χ0) is 24.6. The molecule has 6 heteroatoms. The number of hydrogen-bond acceptors (Lipinski definition) is 4. The third kappa shape index (κ3) is 6.08. The van der Waals surface area contributed by atoms with Crippen molar-refractivity contribution in [2.45, 2.75) is 19.9 Å². The van der Waals surface area contributed by atoms with Crippen LogP contribution >= 0.6 is 12.2 Å². The lowest BCUT2D eigenvalue weighted by Crippen LogP contribution is -2.53. The summed E-state index contributed by atoms with van der Waals surface area (Å²) in [6.45, 7) is 9.41. The fourth-order valence-corrected chi connectivity index (χ4v) is 5.00. The minimum Gasteiger partial charge on any atom is -0.372 e. The molecule has 1 aliphatic rings. The highest BCUT2D eigenvalue weighted by Crippen LogP contribution is 2.29. The molecule has 4 rings (SSSR count). The lowest BCUT2D eigenvalue weighted by atomic mass is 9.96. The summed E-state index contributed by atoms with van der Waals surface area (Å²) >= 11 is 5.61. The fraction of sp³-hybridized carbons (Fsp3) is 0.310. The van der Waals surface area contributed by atoms with E-state index in [2.05, 4.69) is 94.5 Å². The molecule has 0 unspecified atom stereocenters. The van der Waals surface area contributed by atoms with Crippen LogP contribution in [-0.2, 0) is 0 Å². The highest BCUT2D eigenvalue weighted by Gasteiger charge is 2.27. The summed E-state index contributed by atoms with van der Waals surface area (Å²) in [6.07, 6.45) is 0. The van der Waals surface area contributed by atoms with Crippen LogP contribution in [0.3, 0.4) is 0 Å². The van der Waals surface area contributed by atoms with Crippen LogP contribution in [0.25, 0.3) is 0 Å².